The summed E-state index contributed by atoms with van der Waals surface area (Å²) >= 11 is 12.3. The van der Waals surface area contributed by atoms with Gasteiger partial charge >= 0.3 is 0 Å². The summed E-state index contributed by atoms with van der Waals surface area (Å²) in [5.74, 6) is 1.70. The molecule has 0 atom stereocenters. The first-order valence-corrected chi connectivity index (χ1v) is 7.32. The van der Waals surface area contributed by atoms with E-state index >= 15 is 0 Å². The molecule has 6 heteroatoms. The highest BCUT2D eigenvalue weighted by molar-refractivity contribution is 6.35. The van der Waals surface area contributed by atoms with E-state index in [-0.39, 0.29) is 0 Å². The van der Waals surface area contributed by atoms with Gasteiger partial charge in [-0.15, -0.1) is 11.6 Å². The van der Waals surface area contributed by atoms with Crippen LogP contribution >= 0.6 is 23.2 Å². The van der Waals surface area contributed by atoms with Crippen LogP contribution in [0.5, 0.6) is 5.88 Å². The molecule has 0 aliphatic carbocycles. The number of aromatic nitrogens is 3. The van der Waals surface area contributed by atoms with Gasteiger partial charge in [0.05, 0.1) is 35.6 Å². The number of methoxy groups -OCH3 is 1. The van der Waals surface area contributed by atoms with Gasteiger partial charge in [0.2, 0.25) is 5.88 Å². The summed E-state index contributed by atoms with van der Waals surface area (Å²) in [5, 5.41) is 0.665. The van der Waals surface area contributed by atoms with E-state index in [2.05, 4.69) is 9.97 Å². The number of rotatable bonds is 4. The lowest BCUT2D eigenvalue weighted by Gasteiger charge is -2.09. The van der Waals surface area contributed by atoms with E-state index in [1.54, 1.807) is 13.3 Å². The summed E-state index contributed by atoms with van der Waals surface area (Å²) in [6.07, 6.45) is 1.78. The monoisotopic (exact) mass is 321 g/mol. The lowest BCUT2D eigenvalue weighted by molar-refractivity contribution is 0.397. The molecule has 0 bridgehead atoms. The molecule has 0 unspecified atom stereocenters. The molecule has 3 rings (SSSR count). The predicted molar refractivity (Wildman–Crippen MR) is 84.2 cm³/mol. The second-order valence-electron chi connectivity index (χ2n) is 4.56. The van der Waals surface area contributed by atoms with Gasteiger partial charge in [0, 0.05) is 12.3 Å². The number of ether oxygens (including phenoxy) is 1. The Balaban J connectivity index is 2.05. The lowest BCUT2D eigenvalue weighted by Crippen LogP contribution is -2.04. The van der Waals surface area contributed by atoms with Crippen LogP contribution in [0.1, 0.15) is 11.4 Å². The minimum Gasteiger partial charge on any atom is -0.481 e. The molecule has 0 fully saturated rings. The van der Waals surface area contributed by atoms with Gasteiger partial charge in [0.25, 0.3) is 0 Å². The zero-order chi connectivity index (χ0) is 14.8. The van der Waals surface area contributed by atoms with Gasteiger partial charge in [0.1, 0.15) is 5.82 Å². The topological polar surface area (TPSA) is 39.9 Å². The van der Waals surface area contributed by atoms with Crippen molar-refractivity contribution in [1.29, 1.82) is 0 Å². The number of alkyl halides is 1. The van der Waals surface area contributed by atoms with Crippen LogP contribution in [0, 0.1) is 0 Å². The van der Waals surface area contributed by atoms with Crippen LogP contribution in [0.3, 0.4) is 0 Å². The molecule has 0 N–H and O–H groups in total. The molecule has 2 heterocycles. The van der Waals surface area contributed by atoms with E-state index in [4.69, 9.17) is 27.9 Å². The zero-order valence-electron chi connectivity index (χ0n) is 11.4. The molecule has 0 radical (unpaired) electrons. The molecule has 0 aliphatic heterocycles. The number of nitrogens with zero attached hydrogens (tertiary/aromatic N) is 3. The summed E-state index contributed by atoms with van der Waals surface area (Å²) in [6.45, 7) is 0.610. The summed E-state index contributed by atoms with van der Waals surface area (Å²) in [5.41, 5.74) is 2.77. The minimum atomic E-state index is 0.328. The van der Waals surface area contributed by atoms with Gasteiger partial charge in [-0.2, -0.15) is 0 Å². The maximum Gasteiger partial charge on any atom is 0.212 e. The number of hydrogen-bond acceptors (Lipinski definition) is 3. The fourth-order valence-corrected chi connectivity index (χ4v) is 2.75. The normalized spacial score (nSPS) is 11.0. The van der Waals surface area contributed by atoms with E-state index in [9.17, 15) is 0 Å². The second-order valence-corrected chi connectivity index (χ2v) is 5.24. The fraction of sp³-hybridized carbons (Fsp3) is 0.200. The molecule has 0 saturated heterocycles. The van der Waals surface area contributed by atoms with Crippen molar-refractivity contribution in [2.24, 2.45) is 0 Å². The maximum absolute atomic E-state index is 6.31. The maximum atomic E-state index is 6.31. The van der Waals surface area contributed by atoms with E-state index in [0.717, 1.165) is 22.4 Å². The molecule has 0 amide bonds. The van der Waals surface area contributed by atoms with Crippen molar-refractivity contribution in [2.75, 3.05) is 7.11 Å². The van der Waals surface area contributed by atoms with Crippen LogP contribution in [-0.2, 0) is 12.4 Å². The van der Waals surface area contributed by atoms with Gasteiger partial charge < -0.3 is 9.30 Å². The Hall–Kier alpha value is -1.78. The molecule has 3 aromatic rings. The Morgan fingerprint density at radius 2 is 2.10 bits per heavy atom. The zero-order valence-corrected chi connectivity index (χ0v) is 12.9. The van der Waals surface area contributed by atoms with Crippen molar-refractivity contribution in [3.05, 3.63) is 52.9 Å². The Kier molecular flexibility index (Phi) is 3.99. The average molecular weight is 322 g/mol. The highest BCUT2D eigenvalue weighted by atomic mass is 35.5. The third-order valence-electron chi connectivity index (χ3n) is 3.26. The summed E-state index contributed by atoms with van der Waals surface area (Å²) in [7, 11) is 1.59. The van der Waals surface area contributed by atoms with Crippen LogP contribution in [0.15, 0.2) is 36.5 Å². The molecular formula is C15H13Cl2N3O. The SMILES string of the molecule is COc1ccc(Cn2c(CCl)nc3cccc(Cl)c32)cn1. The van der Waals surface area contributed by atoms with Crippen LogP contribution in [-0.4, -0.2) is 21.6 Å². The fourth-order valence-electron chi connectivity index (χ4n) is 2.27. The first-order chi connectivity index (χ1) is 10.2. The van der Waals surface area contributed by atoms with Crippen LogP contribution in [0.25, 0.3) is 11.0 Å². The molecule has 108 valence electrons. The standard InChI is InChI=1S/C15H13Cl2N3O/c1-21-14-6-5-10(8-18-14)9-20-13(7-16)19-12-4-2-3-11(17)15(12)20/h2-6,8H,7,9H2,1H3. The summed E-state index contributed by atoms with van der Waals surface area (Å²) in [4.78, 5) is 8.74. The first kappa shape index (κ1) is 14.2. The van der Waals surface area contributed by atoms with Gasteiger partial charge in [-0.25, -0.2) is 9.97 Å². The van der Waals surface area contributed by atoms with Gasteiger partial charge in [-0.3, -0.25) is 0 Å². The molecule has 21 heavy (non-hydrogen) atoms. The molecule has 0 aliphatic rings. The number of pyridine rings is 1. The average Bonchev–Trinajstić information content (AvgIpc) is 2.87. The Morgan fingerprint density at radius 3 is 2.76 bits per heavy atom. The summed E-state index contributed by atoms with van der Waals surface area (Å²) < 4.78 is 7.09. The Morgan fingerprint density at radius 1 is 1.24 bits per heavy atom. The first-order valence-electron chi connectivity index (χ1n) is 6.41. The number of imidazole rings is 1. The van der Waals surface area contributed by atoms with Gasteiger partial charge in [-0.1, -0.05) is 23.7 Å². The van der Waals surface area contributed by atoms with Crippen molar-refractivity contribution >= 4 is 34.2 Å². The third kappa shape index (κ3) is 2.69. The quantitative estimate of drug-likeness (QED) is 0.684. The molecule has 2 aromatic heterocycles. The Bertz CT molecular complexity index is 768. The number of benzene rings is 1. The number of hydrogen-bond donors (Lipinski definition) is 0. The van der Waals surface area contributed by atoms with Gasteiger partial charge in [-0.05, 0) is 17.7 Å². The van der Waals surface area contributed by atoms with E-state index in [1.807, 2.05) is 34.9 Å². The number of halogens is 2. The van der Waals surface area contributed by atoms with Gasteiger partial charge in [0.15, 0.2) is 0 Å². The number of fused-ring (bicyclic) bond motifs is 1. The molecule has 1 aromatic carbocycles. The van der Waals surface area contributed by atoms with Crippen molar-refractivity contribution in [3.8, 4) is 5.88 Å². The molecular weight excluding hydrogens is 309 g/mol. The second kappa shape index (κ2) is 5.92. The smallest absolute Gasteiger partial charge is 0.212 e. The van der Waals surface area contributed by atoms with Crippen LogP contribution in [0.2, 0.25) is 5.02 Å². The minimum absolute atomic E-state index is 0.328. The summed E-state index contributed by atoms with van der Waals surface area (Å²) in [6, 6.07) is 9.46. The Labute approximate surface area is 132 Å². The van der Waals surface area contributed by atoms with E-state index in [1.165, 1.54) is 0 Å². The lowest BCUT2D eigenvalue weighted by atomic mass is 10.2. The molecule has 0 spiro atoms. The van der Waals surface area contributed by atoms with Crippen molar-refractivity contribution in [3.63, 3.8) is 0 Å². The van der Waals surface area contributed by atoms with E-state index < -0.39 is 0 Å². The van der Waals surface area contributed by atoms with Crippen molar-refractivity contribution < 1.29 is 4.74 Å². The predicted octanol–water partition coefficient (Wildman–Crippen LogP) is 3.88. The highest BCUT2D eigenvalue weighted by Gasteiger charge is 2.13. The molecule has 0 saturated carbocycles. The van der Waals surface area contributed by atoms with E-state index in [0.29, 0.717) is 23.3 Å². The molecule has 4 nitrogen and oxygen atoms in total. The van der Waals surface area contributed by atoms with Crippen molar-refractivity contribution in [2.45, 2.75) is 12.4 Å². The van der Waals surface area contributed by atoms with Crippen molar-refractivity contribution in [1.82, 2.24) is 14.5 Å². The largest absolute Gasteiger partial charge is 0.481 e. The number of para-hydroxylation sites is 1. The third-order valence-corrected chi connectivity index (χ3v) is 3.81. The highest BCUT2D eigenvalue weighted by Crippen LogP contribution is 2.26. The van der Waals surface area contributed by atoms with Crippen LogP contribution < -0.4 is 4.74 Å². The van der Waals surface area contributed by atoms with Crippen LogP contribution in [0.4, 0.5) is 0 Å².